The fraction of sp³-hybridized carbons (Fsp3) is 0.783. The molecule has 0 amide bonds. The summed E-state index contributed by atoms with van der Waals surface area (Å²) in [4.78, 5) is 23.2. The van der Waals surface area contributed by atoms with Gasteiger partial charge in [0.25, 0.3) is 0 Å². The monoisotopic (exact) mass is 391 g/mol. The molecule has 2 saturated carbocycles. The highest BCUT2D eigenvalue weighted by molar-refractivity contribution is 5.76. The van der Waals surface area contributed by atoms with Crippen LogP contribution >= 0.6 is 0 Å². The van der Waals surface area contributed by atoms with Gasteiger partial charge >= 0.3 is 11.9 Å². The fourth-order valence-corrected chi connectivity index (χ4v) is 3.28. The Morgan fingerprint density at radius 3 is 2.14 bits per heavy atom. The van der Waals surface area contributed by atoms with Crippen LogP contribution in [0.5, 0.6) is 0 Å². The average molecular weight is 392 g/mol. The van der Waals surface area contributed by atoms with Crippen molar-refractivity contribution in [2.45, 2.75) is 86.2 Å². The van der Waals surface area contributed by atoms with E-state index in [1.165, 1.54) is 19.3 Å². The van der Waals surface area contributed by atoms with E-state index in [-0.39, 0.29) is 36.5 Å². The van der Waals surface area contributed by atoms with Gasteiger partial charge < -0.3 is 9.47 Å². The lowest BCUT2D eigenvalue weighted by Crippen LogP contribution is -2.33. The van der Waals surface area contributed by atoms with E-state index in [2.05, 4.69) is 6.58 Å². The lowest BCUT2D eigenvalue weighted by atomic mass is 9.89. The van der Waals surface area contributed by atoms with E-state index >= 15 is 0 Å². The van der Waals surface area contributed by atoms with Crippen LogP contribution in [0.2, 0.25) is 0 Å². The van der Waals surface area contributed by atoms with Crippen LogP contribution < -0.4 is 0 Å². The van der Waals surface area contributed by atoms with E-state index in [4.69, 9.17) is 14.7 Å². The zero-order valence-electron chi connectivity index (χ0n) is 18.5. The number of hydrogen-bond acceptors (Lipinski definition) is 5. The molecule has 2 aliphatic carbocycles. The minimum atomic E-state index is -0.421. The third-order valence-corrected chi connectivity index (χ3v) is 6.35. The van der Waals surface area contributed by atoms with Crippen molar-refractivity contribution >= 4 is 11.9 Å². The summed E-state index contributed by atoms with van der Waals surface area (Å²) >= 11 is 0. The normalized spacial score (nSPS) is 23.5. The molecule has 0 heterocycles. The minimum Gasteiger partial charge on any atom is -0.464 e. The van der Waals surface area contributed by atoms with Gasteiger partial charge in [0.15, 0.2) is 0 Å². The Hall–Kier alpha value is -1.83. The summed E-state index contributed by atoms with van der Waals surface area (Å²) in [5.74, 6) is 0.885. The Morgan fingerprint density at radius 1 is 1.11 bits per heavy atom. The lowest BCUT2D eigenvalue weighted by molar-refractivity contribution is -0.160. The van der Waals surface area contributed by atoms with Crippen molar-refractivity contribution in [1.82, 2.24) is 0 Å². The second-order valence-corrected chi connectivity index (χ2v) is 9.19. The largest absolute Gasteiger partial charge is 0.464 e. The van der Waals surface area contributed by atoms with Gasteiger partial charge in [0.1, 0.15) is 12.7 Å². The van der Waals surface area contributed by atoms with Gasteiger partial charge in [-0.3, -0.25) is 9.59 Å². The Kier molecular flexibility index (Phi) is 8.73. The zero-order chi connectivity index (χ0) is 21.5. The zero-order valence-corrected chi connectivity index (χ0v) is 18.5. The van der Waals surface area contributed by atoms with Gasteiger partial charge in [0.05, 0.1) is 23.3 Å². The number of hydrogen-bond donors (Lipinski definition) is 0. The first-order chi connectivity index (χ1) is 13.0. The maximum Gasteiger partial charge on any atom is 0.312 e. The van der Waals surface area contributed by atoms with Gasteiger partial charge in [0, 0.05) is 5.92 Å². The first-order valence-corrected chi connectivity index (χ1v) is 10.4. The number of ether oxygens (including phenoxy) is 2. The molecule has 0 aromatic rings. The van der Waals surface area contributed by atoms with E-state index in [0.717, 1.165) is 18.4 Å². The molecule has 0 spiro atoms. The highest BCUT2D eigenvalue weighted by Gasteiger charge is 2.45. The molecule has 0 aromatic carbocycles. The number of carbonyl (C=O) groups is 2. The molecule has 3 atom stereocenters. The highest BCUT2D eigenvalue weighted by Crippen LogP contribution is 2.49. The highest BCUT2D eigenvalue weighted by atomic mass is 16.5. The number of nitriles is 1. The third kappa shape index (κ3) is 6.09. The Labute approximate surface area is 170 Å². The van der Waals surface area contributed by atoms with Gasteiger partial charge in [-0.2, -0.15) is 5.26 Å². The summed E-state index contributed by atoms with van der Waals surface area (Å²) in [7, 11) is 0. The second kappa shape index (κ2) is 10.1. The molecule has 5 heteroatoms. The van der Waals surface area contributed by atoms with Crippen molar-refractivity contribution in [3.63, 3.8) is 0 Å². The first-order valence-electron chi connectivity index (χ1n) is 10.4. The predicted octanol–water partition coefficient (Wildman–Crippen LogP) is 5.20. The summed E-state index contributed by atoms with van der Waals surface area (Å²) in [6.07, 6.45) is 5.48. The van der Waals surface area contributed by atoms with Crippen LogP contribution in [0.25, 0.3) is 0 Å². The van der Waals surface area contributed by atoms with Crippen LogP contribution in [0, 0.1) is 34.0 Å². The number of carbonyl (C=O) groups excluding carboxylic acids is 2. The summed E-state index contributed by atoms with van der Waals surface area (Å²) in [5, 5.41) is 8.20. The van der Waals surface area contributed by atoms with E-state index in [0.29, 0.717) is 11.8 Å². The third-order valence-electron chi connectivity index (χ3n) is 6.35. The molecule has 2 rings (SSSR count). The molecule has 2 aliphatic rings. The molecule has 0 N–H and O–H groups in total. The van der Waals surface area contributed by atoms with Gasteiger partial charge in [-0.1, -0.05) is 20.4 Å². The molecule has 28 heavy (non-hydrogen) atoms. The van der Waals surface area contributed by atoms with E-state index in [1.54, 1.807) is 0 Å². The van der Waals surface area contributed by atoms with Crippen molar-refractivity contribution in [3.05, 3.63) is 12.2 Å². The van der Waals surface area contributed by atoms with Crippen LogP contribution in [0.4, 0.5) is 0 Å². The summed E-state index contributed by atoms with van der Waals surface area (Å²) in [6, 6.07) is 1.92. The number of esters is 2. The van der Waals surface area contributed by atoms with Gasteiger partial charge in [-0.25, -0.2) is 0 Å². The van der Waals surface area contributed by atoms with Crippen LogP contribution in [-0.4, -0.2) is 24.6 Å². The molecule has 0 radical (unpaired) electrons. The average Bonchev–Trinajstić information content (AvgIpc) is 3.25. The molecular weight excluding hydrogens is 354 g/mol. The SMILES string of the molecule is C=C1C2CCC(C2)C1OC(=O)C(C)(C)CC.CCC(C)(C)C(=O)OCCC#N. The summed E-state index contributed by atoms with van der Waals surface area (Å²) < 4.78 is 10.6. The molecule has 0 aliphatic heterocycles. The standard InChI is InChI=1S/C14H22O2.C9H15NO2/c1-5-14(3,4)13(15)16-12-9(2)10-6-7-11(12)8-10;1-4-9(2,3)8(11)12-7-5-6-10/h10-12H,2,5-8H2,1,3-4H3;4-5,7H2,1-3H3. The summed E-state index contributed by atoms with van der Waals surface area (Å²) in [5.41, 5.74) is 0.383. The van der Waals surface area contributed by atoms with E-state index in [9.17, 15) is 9.59 Å². The Morgan fingerprint density at radius 2 is 1.68 bits per heavy atom. The molecule has 2 bridgehead atoms. The Balaban J connectivity index is 0.000000295. The number of nitrogens with zero attached hydrogens (tertiary/aromatic N) is 1. The molecule has 5 nitrogen and oxygen atoms in total. The minimum absolute atomic E-state index is 0.0112. The van der Waals surface area contributed by atoms with Crippen molar-refractivity contribution in [3.8, 4) is 6.07 Å². The maximum atomic E-state index is 12.0. The Bertz CT molecular complexity index is 615. The van der Waals surface area contributed by atoms with Crippen LogP contribution in [0.3, 0.4) is 0 Å². The van der Waals surface area contributed by atoms with Gasteiger partial charge in [-0.05, 0) is 71.3 Å². The van der Waals surface area contributed by atoms with Gasteiger partial charge in [0.2, 0.25) is 0 Å². The molecule has 0 saturated heterocycles. The second-order valence-electron chi connectivity index (χ2n) is 9.19. The van der Waals surface area contributed by atoms with Crippen LogP contribution in [0.15, 0.2) is 12.2 Å². The van der Waals surface area contributed by atoms with E-state index < -0.39 is 5.41 Å². The van der Waals surface area contributed by atoms with Crippen molar-refractivity contribution in [2.24, 2.45) is 22.7 Å². The molecule has 0 aromatic heterocycles. The van der Waals surface area contributed by atoms with E-state index in [1.807, 2.05) is 47.6 Å². The van der Waals surface area contributed by atoms with Crippen molar-refractivity contribution < 1.29 is 19.1 Å². The predicted molar refractivity (Wildman–Crippen MR) is 109 cm³/mol. The molecule has 2 fully saturated rings. The van der Waals surface area contributed by atoms with Crippen molar-refractivity contribution in [2.75, 3.05) is 6.61 Å². The first kappa shape index (κ1) is 24.2. The molecule has 3 unspecified atom stereocenters. The smallest absolute Gasteiger partial charge is 0.312 e. The topological polar surface area (TPSA) is 76.4 Å². The van der Waals surface area contributed by atoms with Crippen LogP contribution in [0.1, 0.15) is 80.1 Å². The quantitative estimate of drug-likeness (QED) is 0.339. The maximum absolute atomic E-state index is 12.0. The molecular formula is C23H37NO4. The lowest BCUT2D eigenvalue weighted by Gasteiger charge is -2.28. The number of fused-ring (bicyclic) bond motifs is 2. The fourth-order valence-electron chi connectivity index (χ4n) is 3.28. The van der Waals surface area contributed by atoms with Crippen LogP contribution in [-0.2, 0) is 19.1 Å². The molecule has 158 valence electrons. The number of rotatable bonds is 7. The van der Waals surface area contributed by atoms with Crippen molar-refractivity contribution in [1.29, 1.82) is 5.26 Å². The van der Waals surface area contributed by atoms with Gasteiger partial charge in [-0.15, -0.1) is 0 Å². The summed E-state index contributed by atoms with van der Waals surface area (Å²) in [6.45, 7) is 15.8.